The molecular weight excluding hydrogens is 470 g/mol. The van der Waals surface area contributed by atoms with Crippen LogP contribution in [0.4, 0.5) is 5.95 Å². The summed E-state index contributed by atoms with van der Waals surface area (Å²) in [5, 5.41) is 21.6. The van der Waals surface area contributed by atoms with Gasteiger partial charge in [0.1, 0.15) is 17.3 Å². The number of fused-ring (bicyclic) bond motifs is 1. The van der Waals surface area contributed by atoms with E-state index in [1.165, 1.54) is 23.1 Å². The number of benzene rings is 3. The molecule has 2 heterocycles. The third-order valence-corrected chi connectivity index (χ3v) is 6.07. The van der Waals surface area contributed by atoms with Crippen LogP contribution >= 0.6 is 11.6 Å². The number of halogens is 1. The highest BCUT2D eigenvalue weighted by molar-refractivity contribution is 6.51. The van der Waals surface area contributed by atoms with Crippen LogP contribution in [0, 0.1) is 0 Å². The van der Waals surface area contributed by atoms with Gasteiger partial charge in [-0.25, -0.2) is 4.98 Å². The summed E-state index contributed by atoms with van der Waals surface area (Å²) < 4.78 is 5.51. The first-order valence-electron chi connectivity index (χ1n) is 10.9. The van der Waals surface area contributed by atoms with Gasteiger partial charge in [0, 0.05) is 5.56 Å². The number of amides is 1. The Balaban J connectivity index is 1.74. The van der Waals surface area contributed by atoms with Crippen molar-refractivity contribution in [2.45, 2.75) is 13.0 Å². The number of Topliss-reactive ketones (excluding diaryl/α,β-unsaturated/α-hetero) is 1. The van der Waals surface area contributed by atoms with Crippen molar-refractivity contribution in [3.8, 4) is 11.5 Å². The largest absolute Gasteiger partial charge is 0.508 e. The first kappa shape index (κ1) is 22.5. The monoisotopic (exact) mass is 489 g/mol. The number of hydrogen-bond donors (Lipinski definition) is 3. The molecule has 35 heavy (non-hydrogen) atoms. The number of phenolic OH excluding ortho intramolecular Hbond substituents is 1. The van der Waals surface area contributed by atoms with Gasteiger partial charge in [0.25, 0.3) is 5.78 Å². The maximum atomic E-state index is 13.3. The Morgan fingerprint density at radius 1 is 1.11 bits per heavy atom. The highest BCUT2D eigenvalue weighted by Gasteiger charge is 2.48. The summed E-state index contributed by atoms with van der Waals surface area (Å²) >= 11 is 6.36. The standard InChI is InChI=1S/C26H20ClN3O5/c1-2-35-16-10-11-18(27)17(13-16)23(32)21-22(14-6-5-7-15(31)12-14)30(25(34)24(21)33)26-28-19-8-3-4-9-20(19)29-26/h3-13,22,31-32H,2H2,1H3,(H,28,29)/b23-21+. The highest BCUT2D eigenvalue weighted by atomic mass is 35.5. The van der Waals surface area contributed by atoms with Gasteiger partial charge in [-0.05, 0) is 55.0 Å². The van der Waals surface area contributed by atoms with Crippen LogP contribution in [0.3, 0.4) is 0 Å². The molecule has 0 aliphatic carbocycles. The lowest BCUT2D eigenvalue weighted by atomic mass is 9.95. The number of carbonyl (C=O) groups is 2. The van der Waals surface area contributed by atoms with E-state index in [4.69, 9.17) is 16.3 Å². The van der Waals surface area contributed by atoms with E-state index in [0.29, 0.717) is 29.0 Å². The van der Waals surface area contributed by atoms with Crippen LogP contribution < -0.4 is 9.64 Å². The highest BCUT2D eigenvalue weighted by Crippen LogP contribution is 2.43. The van der Waals surface area contributed by atoms with Gasteiger partial charge in [-0.1, -0.05) is 35.9 Å². The van der Waals surface area contributed by atoms with Gasteiger partial charge in [0.15, 0.2) is 0 Å². The number of hydrogen-bond acceptors (Lipinski definition) is 6. The van der Waals surface area contributed by atoms with Crippen LogP contribution in [0.25, 0.3) is 16.8 Å². The molecule has 1 atom stereocenters. The van der Waals surface area contributed by atoms with Gasteiger partial charge in [-0.3, -0.25) is 14.5 Å². The van der Waals surface area contributed by atoms with E-state index < -0.39 is 23.5 Å². The molecular formula is C26H20ClN3O5. The van der Waals surface area contributed by atoms with E-state index in [1.54, 1.807) is 42.5 Å². The number of aliphatic hydroxyl groups is 1. The number of phenols is 1. The molecule has 1 aliphatic rings. The van der Waals surface area contributed by atoms with Crippen LogP contribution in [-0.4, -0.2) is 38.5 Å². The molecule has 4 aromatic rings. The van der Waals surface area contributed by atoms with Crippen molar-refractivity contribution in [2.24, 2.45) is 0 Å². The number of anilines is 1. The SMILES string of the molecule is CCOc1ccc(Cl)c(/C(O)=C2\C(=O)C(=O)N(c3nc4ccccc4[nH]3)C2c2cccc(O)c2)c1. The second-order valence-corrected chi connectivity index (χ2v) is 8.32. The molecule has 0 saturated carbocycles. The van der Waals surface area contributed by atoms with Crippen molar-refractivity contribution in [1.82, 2.24) is 9.97 Å². The number of nitrogens with zero attached hydrogens (tertiary/aromatic N) is 2. The van der Waals surface area contributed by atoms with Gasteiger partial charge >= 0.3 is 5.91 Å². The summed E-state index contributed by atoms with van der Waals surface area (Å²) in [6, 6.07) is 17.0. The zero-order chi connectivity index (χ0) is 24.7. The number of ether oxygens (including phenoxy) is 1. The average molecular weight is 490 g/mol. The summed E-state index contributed by atoms with van der Waals surface area (Å²) in [4.78, 5) is 35.4. The normalized spacial score (nSPS) is 17.3. The minimum absolute atomic E-state index is 0.0610. The zero-order valence-corrected chi connectivity index (χ0v) is 19.3. The molecule has 1 amide bonds. The molecule has 176 valence electrons. The number of nitrogens with one attached hydrogen (secondary N) is 1. The predicted octanol–water partition coefficient (Wildman–Crippen LogP) is 4.95. The zero-order valence-electron chi connectivity index (χ0n) is 18.5. The molecule has 8 nitrogen and oxygen atoms in total. The van der Waals surface area contributed by atoms with Crippen LogP contribution in [0.1, 0.15) is 24.1 Å². The molecule has 1 aliphatic heterocycles. The lowest BCUT2D eigenvalue weighted by Gasteiger charge is -2.23. The third-order valence-electron chi connectivity index (χ3n) is 5.74. The van der Waals surface area contributed by atoms with E-state index in [2.05, 4.69) is 9.97 Å². The van der Waals surface area contributed by atoms with E-state index >= 15 is 0 Å². The van der Waals surface area contributed by atoms with E-state index in [1.807, 2.05) is 13.0 Å². The second-order valence-electron chi connectivity index (χ2n) is 7.92. The number of imidazole rings is 1. The van der Waals surface area contributed by atoms with Gasteiger partial charge in [0.05, 0.1) is 34.3 Å². The summed E-state index contributed by atoms with van der Waals surface area (Å²) in [6.45, 7) is 2.20. The molecule has 1 saturated heterocycles. The van der Waals surface area contributed by atoms with E-state index in [-0.39, 0.29) is 27.9 Å². The first-order chi connectivity index (χ1) is 16.9. The van der Waals surface area contributed by atoms with E-state index in [0.717, 1.165) is 0 Å². The minimum atomic E-state index is -1.07. The Morgan fingerprint density at radius 2 is 1.91 bits per heavy atom. The van der Waals surface area contributed by atoms with Crippen LogP contribution in [0.15, 0.2) is 72.3 Å². The summed E-state index contributed by atoms with van der Waals surface area (Å²) in [6.07, 6.45) is 0. The Bertz CT molecular complexity index is 1480. The smallest absolute Gasteiger partial charge is 0.302 e. The number of para-hydroxylation sites is 2. The molecule has 9 heteroatoms. The van der Waals surface area contributed by atoms with Crippen LogP contribution in [0.2, 0.25) is 5.02 Å². The summed E-state index contributed by atoms with van der Waals surface area (Å²) in [5.41, 5.74) is 1.64. The number of carbonyl (C=O) groups excluding carboxylic acids is 2. The number of rotatable bonds is 5. The maximum absolute atomic E-state index is 13.3. The Morgan fingerprint density at radius 3 is 2.66 bits per heavy atom. The summed E-state index contributed by atoms with van der Waals surface area (Å²) in [7, 11) is 0. The second kappa shape index (κ2) is 8.81. The molecule has 0 radical (unpaired) electrons. The van der Waals surface area contributed by atoms with E-state index in [9.17, 15) is 19.8 Å². The minimum Gasteiger partial charge on any atom is -0.508 e. The fourth-order valence-electron chi connectivity index (χ4n) is 4.20. The lowest BCUT2D eigenvalue weighted by molar-refractivity contribution is -0.132. The maximum Gasteiger partial charge on any atom is 0.302 e. The van der Waals surface area contributed by atoms with Gasteiger partial charge in [-0.2, -0.15) is 0 Å². The van der Waals surface area contributed by atoms with Crippen molar-refractivity contribution in [2.75, 3.05) is 11.5 Å². The summed E-state index contributed by atoms with van der Waals surface area (Å²) in [5.74, 6) is -1.73. The van der Waals surface area contributed by atoms with Crippen molar-refractivity contribution >= 4 is 46.0 Å². The predicted molar refractivity (Wildman–Crippen MR) is 132 cm³/mol. The van der Waals surface area contributed by atoms with Crippen molar-refractivity contribution in [3.63, 3.8) is 0 Å². The fourth-order valence-corrected chi connectivity index (χ4v) is 4.41. The number of H-pyrrole nitrogens is 1. The van der Waals surface area contributed by atoms with Gasteiger partial charge in [-0.15, -0.1) is 0 Å². The molecule has 1 aromatic heterocycles. The number of ketones is 1. The molecule has 1 fully saturated rings. The lowest BCUT2D eigenvalue weighted by Crippen LogP contribution is -2.30. The third kappa shape index (κ3) is 3.87. The Labute approximate surface area is 205 Å². The first-order valence-corrected chi connectivity index (χ1v) is 11.2. The average Bonchev–Trinajstić information content (AvgIpc) is 3.38. The number of aromatic hydroxyl groups is 1. The van der Waals surface area contributed by atoms with Crippen LogP contribution in [-0.2, 0) is 9.59 Å². The van der Waals surface area contributed by atoms with Crippen molar-refractivity contribution in [1.29, 1.82) is 0 Å². The fraction of sp³-hybridized carbons (Fsp3) is 0.115. The topological polar surface area (TPSA) is 116 Å². The number of aliphatic hydroxyl groups excluding tert-OH is 1. The van der Waals surface area contributed by atoms with Crippen LogP contribution in [0.5, 0.6) is 11.5 Å². The Kier molecular flexibility index (Phi) is 5.66. The number of aromatic amines is 1. The molecule has 1 unspecified atom stereocenters. The molecule has 0 spiro atoms. The quantitative estimate of drug-likeness (QED) is 0.207. The van der Waals surface area contributed by atoms with Crippen molar-refractivity contribution in [3.05, 3.63) is 88.5 Å². The Hall–Kier alpha value is -4.30. The molecule has 3 aromatic carbocycles. The van der Waals surface area contributed by atoms with Gasteiger partial charge < -0.3 is 19.9 Å². The number of aromatic nitrogens is 2. The van der Waals surface area contributed by atoms with Crippen molar-refractivity contribution < 1.29 is 24.5 Å². The molecule has 5 rings (SSSR count). The molecule has 3 N–H and O–H groups in total. The molecule has 0 bridgehead atoms. The van der Waals surface area contributed by atoms with Gasteiger partial charge in [0.2, 0.25) is 5.95 Å².